The van der Waals surface area contributed by atoms with Crippen molar-refractivity contribution in [1.82, 2.24) is 5.43 Å². The first-order valence-electron chi connectivity index (χ1n) is 8.47. The number of nitrogens with zero attached hydrogens (tertiary/aromatic N) is 1. The van der Waals surface area contributed by atoms with Crippen molar-refractivity contribution in [1.29, 1.82) is 0 Å². The Morgan fingerprint density at radius 2 is 1.92 bits per heavy atom. The second-order valence-corrected chi connectivity index (χ2v) is 6.82. The van der Waals surface area contributed by atoms with Gasteiger partial charge in [-0.3, -0.25) is 4.79 Å². The molecule has 0 radical (unpaired) electrons. The van der Waals surface area contributed by atoms with Crippen LogP contribution in [0.3, 0.4) is 0 Å². The summed E-state index contributed by atoms with van der Waals surface area (Å²) in [4.78, 5) is 12.0. The summed E-state index contributed by atoms with van der Waals surface area (Å²) in [7, 11) is 0. The fraction of sp³-hybridized carbons (Fsp3) is 0.300. The van der Waals surface area contributed by atoms with Crippen LogP contribution < -0.4 is 14.9 Å². The molecule has 0 aliphatic carbocycles. The van der Waals surface area contributed by atoms with Gasteiger partial charge in [0.25, 0.3) is 0 Å². The van der Waals surface area contributed by atoms with E-state index < -0.39 is 0 Å². The average Bonchev–Trinajstić information content (AvgIpc) is 2.59. The van der Waals surface area contributed by atoms with Crippen LogP contribution in [0.4, 0.5) is 0 Å². The van der Waals surface area contributed by atoms with E-state index in [4.69, 9.17) is 9.47 Å². The zero-order valence-corrected chi connectivity index (χ0v) is 16.7. The molecule has 2 rings (SSSR count). The first-order valence-corrected chi connectivity index (χ1v) is 9.27. The molecule has 1 amide bonds. The zero-order chi connectivity index (χ0) is 18.9. The lowest BCUT2D eigenvalue weighted by Gasteiger charge is -2.14. The molecule has 2 aromatic carbocycles. The van der Waals surface area contributed by atoms with Gasteiger partial charge in [0.1, 0.15) is 0 Å². The molecule has 0 aliphatic rings. The normalized spacial score (nSPS) is 11.0. The predicted octanol–water partition coefficient (Wildman–Crippen LogP) is 4.33. The van der Waals surface area contributed by atoms with Crippen molar-refractivity contribution in [2.75, 3.05) is 6.61 Å². The van der Waals surface area contributed by atoms with E-state index in [1.807, 2.05) is 63.2 Å². The Bertz CT molecular complexity index is 758. The fourth-order valence-corrected chi connectivity index (χ4v) is 2.49. The maximum Gasteiger partial charge on any atom is 0.244 e. The van der Waals surface area contributed by atoms with E-state index in [0.717, 1.165) is 15.6 Å². The van der Waals surface area contributed by atoms with Crippen molar-refractivity contribution in [2.24, 2.45) is 5.10 Å². The van der Waals surface area contributed by atoms with E-state index in [1.165, 1.54) is 0 Å². The minimum atomic E-state index is -0.173. The first kappa shape index (κ1) is 20.0. The molecule has 26 heavy (non-hydrogen) atoms. The Morgan fingerprint density at radius 1 is 1.19 bits per heavy atom. The number of carbonyl (C=O) groups excluding carboxylic acids is 1. The van der Waals surface area contributed by atoms with E-state index in [9.17, 15) is 4.79 Å². The van der Waals surface area contributed by atoms with Gasteiger partial charge < -0.3 is 9.47 Å². The Kier molecular flexibility index (Phi) is 7.66. The van der Waals surface area contributed by atoms with Gasteiger partial charge in [0, 0.05) is 4.47 Å². The number of halogens is 1. The molecule has 0 saturated carbocycles. The Morgan fingerprint density at radius 3 is 2.58 bits per heavy atom. The van der Waals surface area contributed by atoms with Gasteiger partial charge in [-0.1, -0.05) is 28.1 Å². The van der Waals surface area contributed by atoms with Crippen molar-refractivity contribution < 1.29 is 14.3 Å². The minimum Gasteiger partial charge on any atom is -0.490 e. The van der Waals surface area contributed by atoms with Crippen LogP contribution in [0.15, 0.2) is 52.0 Å². The summed E-state index contributed by atoms with van der Waals surface area (Å²) < 4.78 is 12.3. The third kappa shape index (κ3) is 6.52. The Labute approximate surface area is 162 Å². The van der Waals surface area contributed by atoms with E-state index in [2.05, 4.69) is 26.5 Å². The maximum absolute atomic E-state index is 12.0. The van der Waals surface area contributed by atoms with E-state index in [-0.39, 0.29) is 18.4 Å². The molecule has 0 atom stereocenters. The summed E-state index contributed by atoms with van der Waals surface area (Å²) in [6.45, 7) is 6.39. The molecule has 1 N–H and O–H groups in total. The molecule has 0 unspecified atom stereocenters. The summed E-state index contributed by atoms with van der Waals surface area (Å²) in [5.41, 5.74) is 4.28. The lowest BCUT2D eigenvalue weighted by molar-refractivity contribution is -0.120. The molecule has 0 aliphatic heterocycles. The smallest absolute Gasteiger partial charge is 0.244 e. The molecule has 6 heteroatoms. The summed E-state index contributed by atoms with van der Waals surface area (Å²) in [6, 6.07) is 13.2. The largest absolute Gasteiger partial charge is 0.490 e. The fourth-order valence-electron chi connectivity index (χ4n) is 2.23. The number of hydrazone groups is 1. The summed E-state index contributed by atoms with van der Waals surface area (Å²) in [5.74, 6) is 1.18. The van der Waals surface area contributed by atoms with Gasteiger partial charge in [0.05, 0.1) is 25.3 Å². The Hall–Kier alpha value is -2.34. The summed E-state index contributed by atoms with van der Waals surface area (Å²) >= 11 is 3.37. The minimum absolute atomic E-state index is 0.0617. The highest BCUT2D eigenvalue weighted by molar-refractivity contribution is 9.10. The predicted molar refractivity (Wildman–Crippen MR) is 107 cm³/mol. The van der Waals surface area contributed by atoms with Crippen LogP contribution in [0.5, 0.6) is 11.5 Å². The summed E-state index contributed by atoms with van der Waals surface area (Å²) in [5, 5.41) is 4.02. The monoisotopic (exact) mass is 418 g/mol. The SMILES string of the molecule is CCOc1cc(/C=N/NC(=O)Cc2ccc(Br)cc2)ccc1OC(C)C. The van der Waals surface area contributed by atoms with Gasteiger partial charge in [-0.15, -0.1) is 0 Å². The van der Waals surface area contributed by atoms with Crippen LogP contribution in [0, 0.1) is 0 Å². The van der Waals surface area contributed by atoms with Crippen LogP contribution in [0.1, 0.15) is 31.9 Å². The number of hydrogen-bond acceptors (Lipinski definition) is 4. The molecule has 0 aromatic heterocycles. The number of hydrogen-bond donors (Lipinski definition) is 1. The third-order valence-electron chi connectivity index (χ3n) is 3.31. The highest BCUT2D eigenvalue weighted by Gasteiger charge is 2.08. The number of carbonyl (C=O) groups is 1. The van der Waals surface area contributed by atoms with Gasteiger partial charge >= 0.3 is 0 Å². The Balaban J connectivity index is 1.97. The average molecular weight is 419 g/mol. The number of nitrogens with one attached hydrogen (secondary N) is 1. The molecule has 138 valence electrons. The van der Waals surface area contributed by atoms with Gasteiger partial charge in [-0.25, -0.2) is 5.43 Å². The lowest BCUT2D eigenvalue weighted by Crippen LogP contribution is -2.19. The summed E-state index contributed by atoms with van der Waals surface area (Å²) in [6.07, 6.45) is 1.92. The first-order chi connectivity index (χ1) is 12.5. The third-order valence-corrected chi connectivity index (χ3v) is 3.84. The molecular weight excluding hydrogens is 396 g/mol. The molecule has 0 saturated heterocycles. The van der Waals surface area contributed by atoms with Crippen LogP contribution in [-0.2, 0) is 11.2 Å². The number of amides is 1. The number of rotatable bonds is 8. The van der Waals surface area contributed by atoms with Gasteiger partial charge in [0.15, 0.2) is 11.5 Å². The van der Waals surface area contributed by atoms with Crippen LogP contribution >= 0.6 is 15.9 Å². The van der Waals surface area contributed by atoms with Gasteiger partial charge in [-0.05, 0) is 62.2 Å². The number of benzene rings is 2. The van der Waals surface area contributed by atoms with Crippen LogP contribution in [-0.4, -0.2) is 24.8 Å². The molecule has 0 bridgehead atoms. The van der Waals surface area contributed by atoms with E-state index >= 15 is 0 Å². The maximum atomic E-state index is 12.0. The standard InChI is InChI=1S/C20H23BrN2O3/c1-4-25-19-11-16(7-10-18(19)26-14(2)3)13-22-23-20(24)12-15-5-8-17(21)9-6-15/h5-11,13-14H,4,12H2,1-3H3,(H,23,24)/b22-13+. The van der Waals surface area contributed by atoms with Crippen LogP contribution in [0.25, 0.3) is 0 Å². The molecular formula is C20H23BrN2O3. The van der Waals surface area contributed by atoms with Crippen molar-refractivity contribution in [3.8, 4) is 11.5 Å². The molecule has 2 aromatic rings. The van der Waals surface area contributed by atoms with Gasteiger partial charge in [-0.2, -0.15) is 5.10 Å². The molecule has 0 heterocycles. The molecule has 0 fully saturated rings. The quantitative estimate of drug-likeness (QED) is 0.512. The van der Waals surface area contributed by atoms with Gasteiger partial charge in [0.2, 0.25) is 5.91 Å². The highest BCUT2D eigenvalue weighted by Crippen LogP contribution is 2.28. The topological polar surface area (TPSA) is 59.9 Å². The molecule has 5 nitrogen and oxygen atoms in total. The molecule has 0 spiro atoms. The van der Waals surface area contributed by atoms with Crippen molar-refractivity contribution >= 4 is 28.1 Å². The number of ether oxygens (including phenoxy) is 2. The van der Waals surface area contributed by atoms with E-state index in [0.29, 0.717) is 18.1 Å². The zero-order valence-electron chi connectivity index (χ0n) is 15.2. The second-order valence-electron chi connectivity index (χ2n) is 5.90. The van der Waals surface area contributed by atoms with Crippen molar-refractivity contribution in [3.05, 3.63) is 58.1 Å². The van der Waals surface area contributed by atoms with Crippen LogP contribution in [0.2, 0.25) is 0 Å². The van der Waals surface area contributed by atoms with Crippen molar-refractivity contribution in [2.45, 2.75) is 33.3 Å². The second kappa shape index (κ2) is 9.97. The lowest BCUT2D eigenvalue weighted by atomic mass is 10.1. The highest BCUT2D eigenvalue weighted by atomic mass is 79.9. The van der Waals surface area contributed by atoms with Crippen molar-refractivity contribution in [3.63, 3.8) is 0 Å². The van der Waals surface area contributed by atoms with E-state index in [1.54, 1.807) is 6.21 Å².